The number of pyridine rings is 2. The van der Waals surface area contributed by atoms with E-state index < -0.39 is 23.2 Å². The Morgan fingerprint density at radius 1 is 1.04 bits per heavy atom. The molecule has 12 heteroatoms. The van der Waals surface area contributed by atoms with Crippen LogP contribution in [0.15, 0.2) is 59.3 Å². The van der Waals surface area contributed by atoms with Gasteiger partial charge < -0.3 is 10.6 Å². The first-order chi connectivity index (χ1) is 21.3. The van der Waals surface area contributed by atoms with E-state index in [1.165, 1.54) is 6.20 Å². The number of anilines is 2. The number of nitriles is 2. The van der Waals surface area contributed by atoms with Crippen LogP contribution in [0.1, 0.15) is 61.9 Å². The van der Waals surface area contributed by atoms with Crippen molar-refractivity contribution in [3.8, 4) is 12.1 Å². The lowest BCUT2D eigenvalue weighted by molar-refractivity contribution is -0.210. The molecule has 45 heavy (non-hydrogen) atoms. The second kappa shape index (κ2) is 10.6. The molecule has 9 nitrogen and oxygen atoms in total. The molecule has 0 amide bonds. The molecule has 0 saturated heterocycles. The molecular weight excluding hydrogens is 579 g/mol. The van der Waals surface area contributed by atoms with Gasteiger partial charge in [0.05, 0.1) is 40.3 Å². The van der Waals surface area contributed by atoms with Gasteiger partial charge in [-0.1, -0.05) is 44.2 Å². The number of aromatic nitrogens is 2. The Morgan fingerprint density at radius 3 is 2.42 bits per heavy atom. The standard InChI is InChI=1S/C33H32F3N9/c1-19-14-39-15-20-6-5-7-24(26(19)20)29(32(18-42-45-44-32)31(8-9-31)33(34,35)36)43-23-10-21(12-37)27-25(11-23)28(22(13-38)16-40-27)41-17-30(2,3)4/h5-7,10-11,14-16,29,43H,8-9,17-18H2,1-4H3,(H,40,41)(H,42,44)/t29-,32?/m0/s1. The zero-order valence-electron chi connectivity index (χ0n) is 25.3. The van der Waals surface area contributed by atoms with E-state index in [-0.39, 0.29) is 30.4 Å². The Balaban J connectivity index is 1.59. The number of nitrogens with one attached hydrogen (secondary N) is 3. The summed E-state index contributed by atoms with van der Waals surface area (Å²) in [6, 6.07) is 12.2. The lowest BCUT2D eigenvalue weighted by atomic mass is 9.71. The van der Waals surface area contributed by atoms with Gasteiger partial charge in [-0.05, 0) is 53.8 Å². The number of benzene rings is 2. The van der Waals surface area contributed by atoms with E-state index in [2.05, 4.69) is 48.5 Å². The minimum absolute atomic E-state index is 0.0739. The van der Waals surface area contributed by atoms with Crippen molar-refractivity contribution in [3.05, 3.63) is 71.2 Å². The highest BCUT2D eigenvalue weighted by atomic mass is 19.4. The first-order valence-electron chi connectivity index (χ1n) is 14.7. The molecule has 2 atom stereocenters. The van der Waals surface area contributed by atoms with Gasteiger partial charge in [0.1, 0.15) is 17.7 Å². The molecule has 1 saturated carbocycles. The van der Waals surface area contributed by atoms with Gasteiger partial charge in [0, 0.05) is 41.6 Å². The molecule has 1 unspecified atom stereocenters. The minimum Gasteiger partial charge on any atom is -0.383 e. The van der Waals surface area contributed by atoms with Crippen LogP contribution in [0.2, 0.25) is 0 Å². The van der Waals surface area contributed by atoms with Crippen LogP contribution in [0.3, 0.4) is 0 Å². The summed E-state index contributed by atoms with van der Waals surface area (Å²) < 4.78 is 45.0. The Kier molecular flexibility index (Phi) is 7.07. The van der Waals surface area contributed by atoms with Gasteiger partial charge in [-0.2, -0.15) is 28.8 Å². The van der Waals surface area contributed by atoms with E-state index in [1.807, 2.05) is 39.8 Å². The maximum absolute atomic E-state index is 15.0. The van der Waals surface area contributed by atoms with Crippen LogP contribution < -0.4 is 16.1 Å². The van der Waals surface area contributed by atoms with Crippen molar-refractivity contribution < 1.29 is 13.2 Å². The molecule has 3 N–H and O–H groups in total. The predicted molar refractivity (Wildman–Crippen MR) is 165 cm³/mol. The van der Waals surface area contributed by atoms with Crippen molar-refractivity contribution >= 4 is 33.1 Å². The van der Waals surface area contributed by atoms with Crippen LogP contribution in [0.4, 0.5) is 24.5 Å². The van der Waals surface area contributed by atoms with E-state index in [4.69, 9.17) is 0 Å². The summed E-state index contributed by atoms with van der Waals surface area (Å²) >= 11 is 0. The average molecular weight is 612 g/mol. The normalized spacial score (nSPS) is 19.5. The fraction of sp³-hybridized carbons (Fsp3) is 0.394. The van der Waals surface area contributed by atoms with Gasteiger partial charge in [-0.3, -0.25) is 15.4 Å². The van der Waals surface area contributed by atoms with E-state index in [0.717, 1.165) is 16.3 Å². The van der Waals surface area contributed by atoms with Crippen LogP contribution >= 0.6 is 0 Å². The van der Waals surface area contributed by atoms with Crippen molar-refractivity contribution in [2.45, 2.75) is 58.3 Å². The second-order valence-electron chi connectivity index (χ2n) is 13.1. The molecule has 0 bridgehead atoms. The first kappa shape index (κ1) is 30.1. The number of aryl methyl sites for hydroxylation is 1. The van der Waals surface area contributed by atoms with Gasteiger partial charge in [0.25, 0.3) is 0 Å². The Bertz CT molecular complexity index is 1910. The molecule has 0 radical (unpaired) electrons. The first-order valence-corrected chi connectivity index (χ1v) is 14.7. The summed E-state index contributed by atoms with van der Waals surface area (Å²) in [6.07, 6.45) is 0.125. The molecule has 4 aromatic rings. The third kappa shape index (κ3) is 4.95. The van der Waals surface area contributed by atoms with Crippen molar-refractivity contribution in [1.29, 1.82) is 10.5 Å². The largest absolute Gasteiger partial charge is 0.396 e. The summed E-state index contributed by atoms with van der Waals surface area (Å²) in [4.78, 5) is 8.72. The quantitative estimate of drug-likeness (QED) is 0.197. The number of fused-ring (bicyclic) bond motifs is 2. The van der Waals surface area contributed by atoms with Crippen LogP contribution in [-0.4, -0.2) is 34.8 Å². The molecule has 6 rings (SSSR count). The van der Waals surface area contributed by atoms with E-state index in [1.54, 1.807) is 30.6 Å². The van der Waals surface area contributed by atoms with Crippen molar-refractivity contribution in [3.63, 3.8) is 0 Å². The van der Waals surface area contributed by atoms with Gasteiger partial charge >= 0.3 is 6.18 Å². The van der Waals surface area contributed by atoms with E-state index in [0.29, 0.717) is 39.9 Å². The second-order valence-corrected chi connectivity index (χ2v) is 13.1. The van der Waals surface area contributed by atoms with E-state index >= 15 is 0 Å². The number of hydrogen-bond donors (Lipinski definition) is 3. The van der Waals surface area contributed by atoms with E-state index in [9.17, 15) is 23.7 Å². The summed E-state index contributed by atoms with van der Waals surface area (Å²) in [5.41, 5.74) is 2.18. The molecule has 1 aliphatic carbocycles. The monoisotopic (exact) mass is 611 g/mol. The molecule has 230 valence electrons. The smallest absolute Gasteiger partial charge is 0.383 e. The highest BCUT2D eigenvalue weighted by Crippen LogP contribution is 2.67. The fourth-order valence-electron chi connectivity index (χ4n) is 6.52. The number of halogens is 3. The molecule has 3 heterocycles. The zero-order chi connectivity index (χ0) is 32.2. The average Bonchev–Trinajstić information content (AvgIpc) is 3.69. The summed E-state index contributed by atoms with van der Waals surface area (Å²) in [6.45, 7) is 8.34. The number of nitrogens with zero attached hydrogens (tertiary/aromatic N) is 6. The molecule has 2 aliphatic rings. The fourth-order valence-corrected chi connectivity index (χ4v) is 6.52. The van der Waals surface area contributed by atoms with Crippen LogP contribution in [0, 0.1) is 40.4 Å². The third-order valence-electron chi connectivity index (χ3n) is 8.91. The Hall–Kier alpha value is -4.97. The van der Waals surface area contributed by atoms with Crippen molar-refractivity contribution in [1.82, 2.24) is 15.4 Å². The molecule has 0 spiro atoms. The lowest BCUT2D eigenvalue weighted by Crippen LogP contribution is -2.61. The van der Waals surface area contributed by atoms with Crippen LogP contribution in [0.25, 0.3) is 21.7 Å². The van der Waals surface area contributed by atoms with Crippen LogP contribution in [-0.2, 0) is 0 Å². The van der Waals surface area contributed by atoms with Crippen LogP contribution in [0.5, 0.6) is 0 Å². The summed E-state index contributed by atoms with van der Waals surface area (Å²) in [5, 5.41) is 37.0. The molecular formula is C33H32F3N9. The SMILES string of the molecule is Cc1cncc2cccc([C@H](Nc3cc(C#N)c4ncc(C#N)c(NCC(C)(C)C)c4c3)C3(C4(C(F)(F)F)CC4)CN=NN3)c12. The topological polar surface area (TPSA) is 134 Å². The summed E-state index contributed by atoms with van der Waals surface area (Å²) in [5.74, 6) is 0. The maximum Gasteiger partial charge on any atom is 0.396 e. The molecule has 2 aromatic heterocycles. The predicted octanol–water partition coefficient (Wildman–Crippen LogP) is 7.50. The lowest BCUT2D eigenvalue weighted by Gasteiger charge is -2.44. The van der Waals surface area contributed by atoms with Gasteiger partial charge in [0.2, 0.25) is 0 Å². The Labute approximate surface area is 258 Å². The van der Waals surface area contributed by atoms with Gasteiger partial charge in [-0.25, -0.2) is 0 Å². The highest BCUT2D eigenvalue weighted by Gasteiger charge is 2.77. The number of rotatable bonds is 7. The number of hydrogen-bond acceptors (Lipinski definition) is 9. The maximum atomic E-state index is 15.0. The highest BCUT2D eigenvalue weighted by molar-refractivity contribution is 5.99. The molecule has 2 aromatic carbocycles. The molecule has 1 fully saturated rings. The minimum atomic E-state index is -4.53. The van der Waals surface area contributed by atoms with Gasteiger partial charge in [-0.15, -0.1) is 0 Å². The van der Waals surface area contributed by atoms with Crippen molar-refractivity contribution in [2.75, 3.05) is 23.7 Å². The third-order valence-corrected chi connectivity index (χ3v) is 8.91. The Morgan fingerprint density at radius 2 is 1.80 bits per heavy atom. The molecule has 1 aliphatic heterocycles. The van der Waals surface area contributed by atoms with Crippen molar-refractivity contribution in [2.24, 2.45) is 21.2 Å². The number of alkyl halides is 3. The summed E-state index contributed by atoms with van der Waals surface area (Å²) in [7, 11) is 0. The zero-order valence-corrected chi connectivity index (χ0v) is 25.3. The van der Waals surface area contributed by atoms with Gasteiger partial charge in [0.15, 0.2) is 0 Å².